The predicted molar refractivity (Wildman–Crippen MR) is 171 cm³/mol. The number of aliphatic hydroxyl groups is 1. The lowest BCUT2D eigenvalue weighted by Crippen LogP contribution is -2.15. The Kier molecular flexibility index (Phi) is 11.4. The Bertz CT molecular complexity index is 1470. The summed E-state index contributed by atoms with van der Waals surface area (Å²) < 4.78 is 6.18. The molecular weight excluding hydrogens is 476 g/mol. The number of ether oxygens (including phenoxy) is 1. The molecule has 0 atom stereocenters. The Morgan fingerprint density at radius 3 is 2.03 bits per heavy atom. The van der Waals surface area contributed by atoms with Crippen LogP contribution in [-0.4, -0.2) is 18.3 Å². The fourth-order valence-corrected chi connectivity index (χ4v) is 4.68. The van der Waals surface area contributed by atoms with Crippen molar-refractivity contribution in [3.05, 3.63) is 102 Å². The highest BCUT2D eigenvalue weighted by Crippen LogP contribution is 2.38. The number of aliphatic hydroxyl groups excluding tert-OH is 1. The SMILES string of the molecule is CC.CCCOc1c2ccccc2cc2ccc(C(C)(C)CC)cc12.OCCCc1ccc2ccccc2c1. The van der Waals surface area contributed by atoms with Gasteiger partial charge in [-0.15, -0.1) is 0 Å². The van der Waals surface area contributed by atoms with E-state index in [1.165, 1.54) is 43.4 Å². The first kappa shape index (κ1) is 30.2. The van der Waals surface area contributed by atoms with E-state index in [0.717, 1.165) is 38.0 Å². The minimum Gasteiger partial charge on any atom is -0.492 e. The fourth-order valence-electron chi connectivity index (χ4n) is 4.68. The molecule has 0 bridgehead atoms. The molecule has 0 spiro atoms. The second kappa shape index (κ2) is 14.7. The predicted octanol–water partition coefficient (Wildman–Crippen LogP) is 10.3. The summed E-state index contributed by atoms with van der Waals surface area (Å²) >= 11 is 0. The third-order valence-corrected chi connectivity index (χ3v) is 7.37. The number of rotatable bonds is 8. The van der Waals surface area contributed by atoms with Crippen molar-refractivity contribution in [1.82, 2.24) is 0 Å². The molecule has 39 heavy (non-hydrogen) atoms. The van der Waals surface area contributed by atoms with E-state index in [1.807, 2.05) is 13.8 Å². The molecule has 0 aromatic heterocycles. The van der Waals surface area contributed by atoms with Crippen LogP contribution in [0.1, 0.15) is 71.9 Å². The van der Waals surface area contributed by atoms with E-state index in [-0.39, 0.29) is 12.0 Å². The number of hydrogen-bond donors (Lipinski definition) is 1. The van der Waals surface area contributed by atoms with Crippen LogP contribution in [-0.2, 0) is 11.8 Å². The lowest BCUT2D eigenvalue weighted by atomic mass is 9.81. The summed E-state index contributed by atoms with van der Waals surface area (Å²) in [5.74, 6) is 1.04. The van der Waals surface area contributed by atoms with Gasteiger partial charge in [0.05, 0.1) is 6.61 Å². The summed E-state index contributed by atoms with van der Waals surface area (Å²) in [5, 5.41) is 16.2. The molecule has 0 amide bonds. The minimum atomic E-state index is 0.182. The van der Waals surface area contributed by atoms with Crippen molar-refractivity contribution in [3.63, 3.8) is 0 Å². The van der Waals surface area contributed by atoms with E-state index in [9.17, 15) is 0 Å². The van der Waals surface area contributed by atoms with Crippen LogP contribution >= 0.6 is 0 Å². The average molecular weight is 523 g/mol. The van der Waals surface area contributed by atoms with E-state index in [4.69, 9.17) is 9.84 Å². The molecule has 0 saturated carbocycles. The normalized spacial score (nSPS) is 11.1. The summed E-state index contributed by atoms with van der Waals surface area (Å²) in [6.45, 7) is 14.0. The molecular formula is C37H46O2. The molecule has 0 fully saturated rings. The quantitative estimate of drug-likeness (QED) is 0.205. The van der Waals surface area contributed by atoms with Gasteiger partial charge < -0.3 is 9.84 Å². The van der Waals surface area contributed by atoms with Crippen molar-refractivity contribution in [1.29, 1.82) is 0 Å². The van der Waals surface area contributed by atoms with Crippen LogP contribution in [0.2, 0.25) is 0 Å². The molecule has 0 aliphatic heterocycles. The van der Waals surface area contributed by atoms with Gasteiger partial charge in [0.2, 0.25) is 0 Å². The monoisotopic (exact) mass is 522 g/mol. The Hall–Kier alpha value is -3.36. The van der Waals surface area contributed by atoms with Crippen molar-refractivity contribution in [3.8, 4) is 5.75 Å². The van der Waals surface area contributed by atoms with Crippen molar-refractivity contribution < 1.29 is 9.84 Å². The van der Waals surface area contributed by atoms with Gasteiger partial charge in [-0.05, 0) is 75.9 Å². The van der Waals surface area contributed by atoms with Crippen molar-refractivity contribution in [2.45, 2.75) is 72.6 Å². The highest BCUT2D eigenvalue weighted by molar-refractivity contribution is 6.05. The maximum Gasteiger partial charge on any atom is 0.134 e. The second-order valence-electron chi connectivity index (χ2n) is 10.5. The average Bonchev–Trinajstić information content (AvgIpc) is 2.99. The van der Waals surface area contributed by atoms with Crippen LogP contribution in [0.4, 0.5) is 0 Å². The zero-order valence-electron chi connectivity index (χ0n) is 24.8. The van der Waals surface area contributed by atoms with E-state index in [2.05, 4.69) is 119 Å². The summed E-state index contributed by atoms with van der Waals surface area (Å²) in [6, 6.07) is 32.4. The van der Waals surface area contributed by atoms with Gasteiger partial charge in [0.25, 0.3) is 0 Å². The van der Waals surface area contributed by atoms with Crippen LogP contribution in [0.15, 0.2) is 91.0 Å². The van der Waals surface area contributed by atoms with Crippen LogP contribution < -0.4 is 4.74 Å². The molecule has 2 heteroatoms. The van der Waals surface area contributed by atoms with Crippen molar-refractivity contribution in [2.24, 2.45) is 0 Å². The lowest BCUT2D eigenvalue weighted by Gasteiger charge is -2.24. The zero-order chi connectivity index (χ0) is 28.3. The smallest absolute Gasteiger partial charge is 0.134 e. The molecule has 0 aliphatic carbocycles. The van der Waals surface area contributed by atoms with Gasteiger partial charge in [0, 0.05) is 17.4 Å². The second-order valence-corrected chi connectivity index (χ2v) is 10.5. The highest BCUT2D eigenvalue weighted by Gasteiger charge is 2.19. The van der Waals surface area contributed by atoms with Gasteiger partial charge in [-0.2, -0.15) is 0 Å². The molecule has 1 N–H and O–H groups in total. The minimum absolute atomic E-state index is 0.182. The molecule has 0 aliphatic rings. The summed E-state index contributed by atoms with van der Waals surface area (Å²) in [5.41, 5.74) is 2.86. The fraction of sp³-hybridized carbons (Fsp3) is 0.351. The number of fused-ring (bicyclic) bond motifs is 3. The standard InChI is InChI=1S/C22H26O.C13H14O.C2H6/c1-5-13-23-21-19-10-8-7-9-16(19)14-17-11-12-18(15-20(17)21)22(3,4)6-2;14-9-3-4-11-7-8-12-5-1-2-6-13(12)10-11;1-2/h7-12,14-15H,5-6,13H2,1-4H3;1-2,5-8,10,14H,3-4,9H2;1-2H3. The van der Waals surface area contributed by atoms with Gasteiger partial charge in [-0.1, -0.05) is 120 Å². The van der Waals surface area contributed by atoms with Gasteiger partial charge in [0.1, 0.15) is 5.75 Å². The van der Waals surface area contributed by atoms with Gasteiger partial charge in [0.15, 0.2) is 0 Å². The lowest BCUT2D eigenvalue weighted by molar-refractivity contribution is 0.288. The first-order valence-corrected chi connectivity index (χ1v) is 14.6. The molecule has 2 nitrogen and oxygen atoms in total. The van der Waals surface area contributed by atoms with Crippen LogP contribution in [0.25, 0.3) is 32.3 Å². The molecule has 0 unspecified atom stereocenters. The largest absolute Gasteiger partial charge is 0.492 e. The molecule has 206 valence electrons. The molecule has 0 radical (unpaired) electrons. The Labute approximate surface area is 235 Å². The summed E-state index contributed by atoms with van der Waals surface area (Å²) in [7, 11) is 0. The van der Waals surface area contributed by atoms with Crippen LogP contribution in [0.3, 0.4) is 0 Å². The third kappa shape index (κ3) is 7.61. The molecule has 0 saturated heterocycles. The van der Waals surface area contributed by atoms with Crippen molar-refractivity contribution in [2.75, 3.05) is 13.2 Å². The maximum atomic E-state index is 8.74. The van der Waals surface area contributed by atoms with Gasteiger partial charge >= 0.3 is 0 Å². The van der Waals surface area contributed by atoms with Crippen LogP contribution in [0, 0.1) is 0 Å². The third-order valence-electron chi connectivity index (χ3n) is 7.37. The van der Waals surface area contributed by atoms with Crippen molar-refractivity contribution >= 4 is 32.3 Å². The molecule has 5 aromatic carbocycles. The van der Waals surface area contributed by atoms with E-state index in [1.54, 1.807) is 0 Å². The number of benzene rings is 5. The topological polar surface area (TPSA) is 29.5 Å². The Morgan fingerprint density at radius 1 is 0.692 bits per heavy atom. The molecule has 5 aromatic rings. The Balaban J connectivity index is 0.000000224. The van der Waals surface area contributed by atoms with Gasteiger partial charge in [-0.25, -0.2) is 0 Å². The summed E-state index contributed by atoms with van der Waals surface area (Å²) in [6.07, 6.45) is 3.95. The van der Waals surface area contributed by atoms with E-state index < -0.39 is 0 Å². The van der Waals surface area contributed by atoms with E-state index >= 15 is 0 Å². The van der Waals surface area contributed by atoms with Crippen LogP contribution in [0.5, 0.6) is 5.75 Å². The molecule has 0 heterocycles. The summed E-state index contributed by atoms with van der Waals surface area (Å²) in [4.78, 5) is 0. The maximum absolute atomic E-state index is 8.74. The van der Waals surface area contributed by atoms with Gasteiger partial charge in [-0.3, -0.25) is 0 Å². The van der Waals surface area contributed by atoms with E-state index in [0.29, 0.717) is 0 Å². The first-order chi connectivity index (χ1) is 19.0. The highest BCUT2D eigenvalue weighted by atomic mass is 16.5. The zero-order valence-corrected chi connectivity index (χ0v) is 24.8. The molecule has 5 rings (SSSR count). The Morgan fingerprint density at radius 2 is 1.33 bits per heavy atom. The number of aryl methyl sites for hydroxylation is 1. The first-order valence-electron chi connectivity index (χ1n) is 14.6. The number of hydrogen-bond acceptors (Lipinski definition) is 2.